The van der Waals surface area contributed by atoms with Gasteiger partial charge in [-0.05, 0) is 63.1 Å². The Kier molecular flexibility index (Phi) is 5.87. The van der Waals surface area contributed by atoms with E-state index in [2.05, 4.69) is 16.3 Å². The topological polar surface area (TPSA) is 39.1 Å². The minimum Gasteiger partial charge on any atom is -0.313 e. The summed E-state index contributed by atoms with van der Waals surface area (Å²) in [5, 5.41) is 12.2. The van der Waals surface area contributed by atoms with Gasteiger partial charge < -0.3 is 10.2 Å². The van der Waals surface area contributed by atoms with Crippen molar-refractivity contribution in [2.75, 3.05) is 26.2 Å². The lowest BCUT2D eigenvalue weighted by Crippen LogP contribution is -2.32. The highest BCUT2D eigenvalue weighted by Crippen LogP contribution is 2.08. The van der Waals surface area contributed by atoms with Gasteiger partial charge in [-0.3, -0.25) is 0 Å². The van der Waals surface area contributed by atoms with Crippen molar-refractivity contribution in [2.24, 2.45) is 0 Å². The van der Waals surface area contributed by atoms with E-state index in [0.717, 1.165) is 18.7 Å². The van der Waals surface area contributed by atoms with E-state index in [-0.39, 0.29) is 0 Å². The second-order valence-electron chi connectivity index (χ2n) is 5.24. The first-order valence-electron chi connectivity index (χ1n) is 7.30. The molecule has 19 heavy (non-hydrogen) atoms. The van der Waals surface area contributed by atoms with E-state index in [1.807, 2.05) is 24.3 Å². The molecule has 0 amide bonds. The second kappa shape index (κ2) is 7.93. The van der Waals surface area contributed by atoms with Crippen LogP contribution in [-0.4, -0.2) is 31.1 Å². The lowest BCUT2D eigenvalue weighted by molar-refractivity contribution is 0.225. The van der Waals surface area contributed by atoms with Crippen LogP contribution in [0, 0.1) is 11.3 Å². The van der Waals surface area contributed by atoms with Gasteiger partial charge in [-0.1, -0.05) is 18.6 Å². The maximum atomic E-state index is 8.73. The Labute approximate surface area is 116 Å². The Morgan fingerprint density at radius 1 is 1.11 bits per heavy atom. The van der Waals surface area contributed by atoms with Crippen molar-refractivity contribution in [1.29, 1.82) is 5.26 Å². The molecular formula is C16H23N3. The first-order valence-corrected chi connectivity index (χ1v) is 7.30. The molecule has 3 heteroatoms. The largest absolute Gasteiger partial charge is 0.313 e. The fourth-order valence-corrected chi connectivity index (χ4v) is 2.54. The van der Waals surface area contributed by atoms with Gasteiger partial charge in [-0.15, -0.1) is 0 Å². The van der Waals surface area contributed by atoms with Gasteiger partial charge in [0.05, 0.1) is 11.6 Å². The van der Waals surface area contributed by atoms with E-state index >= 15 is 0 Å². The average Bonchev–Trinajstić information content (AvgIpc) is 2.49. The van der Waals surface area contributed by atoms with Crippen molar-refractivity contribution in [3.05, 3.63) is 35.4 Å². The number of hydrogen-bond donors (Lipinski definition) is 1. The first kappa shape index (κ1) is 14.0. The first-order chi connectivity index (χ1) is 9.38. The fourth-order valence-electron chi connectivity index (χ4n) is 2.54. The summed E-state index contributed by atoms with van der Waals surface area (Å²) in [6.45, 7) is 5.76. The summed E-state index contributed by atoms with van der Waals surface area (Å²) < 4.78 is 0. The third-order valence-electron chi connectivity index (χ3n) is 3.69. The van der Waals surface area contributed by atoms with Gasteiger partial charge in [-0.2, -0.15) is 5.26 Å². The molecule has 0 unspecified atom stereocenters. The van der Waals surface area contributed by atoms with Crippen LogP contribution >= 0.6 is 0 Å². The molecule has 1 aromatic rings. The molecule has 1 heterocycles. The molecule has 3 nitrogen and oxygen atoms in total. The Morgan fingerprint density at radius 2 is 1.84 bits per heavy atom. The highest BCUT2D eigenvalue weighted by Gasteiger charge is 2.08. The summed E-state index contributed by atoms with van der Waals surface area (Å²) in [6, 6.07) is 9.95. The predicted octanol–water partition coefficient (Wildman–Crippen LogP) is 2.52. The molecular weight excluding hydrogens is 234 g/mol. The molecule has 102 valence electrons. The third-order valence-corrected chi connectivity index (χ3v) is 3.69. The maximum absolute atomic E-state index is 8.73. The Morgan fingerprint density at radius 3 is 2.53 bits per heavy atom. The van der Waals surface area contributed by atoms with Gasteiger partial charge in [0.2, 0.25) is 0 Å². The quantitative estimate of drug-likeness (QED) is 0.796. The summed E-state index contributed by atoms with van der Waals surface area (Å²) in [5.41, 5.74) is 1.98. The van der Waals surface area contributed by atoms with Crippen molar-refractivity contribution in [1.82, 2.24) is 10.2 Å². The van der Waals surface area contributed by atoms with Crippen LogP contribution in [0.2, 0.25) is 0 Å². The van der Waals surface area contributed by atoms with Gasteiger partial charge in [0.15, 0.2) is 0 Å². The van der Waals surface area contributed by atoms with Crippen LogP contribution in [0.1, 0.15) is 36.8 Å². The van der Waals surface area contributed by atoms with E-state index in [0.29, 0.717) is 0 Å². The summed E-state index contributed by atoms with van der Waals surface area (Å²) >= 11 is 0. The van der Waals surface area contributed by atoms with Gasteiger partial charge in [0.25, 0.3) is 0 Å². The monoisotopic (exact) mass is 257 g/mol. The zero-order chi connectivity index (χ0) is 13.3. The molecule has 1 N–H and O–H groups in total. The normalized spacial score (nSPS) is 16.2. The number of nitriles is 1. The summed E-state index contributed by atoms with van der Waals surface area (Å²) in [5.74, 6) is 0. The number of hydrogen-bond acceptors (Lipinski definition) is 3. The van der Waals surface area contributed by atoms with Gasteiger partial charge in [-0.25, -0.2) is 0 Å². The molecule has 2 rings (SSSR count). The van der Waals surface area contributed by atoms with Crippen LogP contribution < -0.4 is 5.32 Å². The van der Waals surface area contributed by atoms with E-state index in [1.165, 1.54) is 50.9 Å². The van der Waals surface area contributed by atoms with Crippen molar-refractivity contribution < 1.29 is 0 Å². The van der Waals surface area contributed by atoms with E-state index < -0.39 is 0 Å². The Hall–Kier alpha value is -1.37. The molecule has 1 fully saturated rings. The number of likely N-dealkylation sites (tertiary alicyclic amines) is 1. The molecule has 0 bridgehead atoms. The maximum Gasteiger partial charge on any atom is 0.0991 e. The van der Waals surface area contributed by atoms with Crippen LogP contribution in [0.4, 0.5) is 0 Å². The average molecular weight is 257 g/mol. The number of rotatable bonds is 6. The van der Waals surface area contributed by atoms with Gasteiger partial charge >= 0.3 is 0 Å². The molecule has 1 aliphatic heterocycles. The van der Waals surface area contributed by atoms with Gasteiger partial charge in [0.1, 0.15) is 0 Å². The van der Waals surface area contributed by atoms with Crippen LogP contribution in [0.15, 0.2) is 24.3 Å². The van der Waals surface area contributed by atoms with Crippen LogP contribution in [-0.2, 0) is 6.54 Å². The number of piperidine rings is 1. The van der Waals surface area contributed by atoms with Gasteiger partial charge in [0, 0.05) is 6.54 Å². The molecule has 0 saturated carbocycles. The molecule has 0 aliphatic carbocycles. The molecule has 0 atom stereocenters. The van der Waals surface area contributed by atoms with Crippen molar-refractivity contribution >= 4 is 0 Å². The molecule has 0 spiro atoms. The lowest BCUT2D eigenvalue weighted by atomic mass is 10.1. The highest BCUT2D eigenvalue weighted by molar-refractivity contribution is 5.31. The van der Waals surface area contributed by atoms with Crippen LogP contribution in [0.3, 0.4) is 0 Å². The summed E-state index contributed by atoms with van der Waals surface area (Å²) in [7, 11) is 0. The molecule has 1 aliphatic rings. The summed E-state index contributed by atoms with van der Waals surface area (Å²) in [4.78, 5) is 2.58. The van der Waals surface area contributed by atoms with Crippen molar-refractivity contribution in [2.45, 2.75) is 32.2 Å². The minimum atomic E-state index is 0.730. The standard InChI is InChI=1S/C16H23N3/c17-13-15-5-7-16(8-6-15)14-18-9-4-12-19-10-2-1-3-11-19/h5-8,18H,1-4,9-12,14H2. The number of nitrogens with one attached hydrogen (secondary N) is 1. The Balaban J connectivity index is 1.57. The van der Waals surface area contributed by atoms with Crippen molar-refractivity contribution in [3.63, 3.8) is 0 Å². The predicted molar refractivity (Wildman–Crippen MR) is 77.8 cm³/mol. The molecule has 0 radical (unpaired) electrons. The second-order valence-corrected chi connectivity index (χ2v) is 5.24. The SMILES string of the molecule is N#Cc1ccc(CNCCCN2CCCCC2)cc1. The van der Waals surface area contributed by atoms with Crippen LogP contribution in [0.5, 0.6) is 0 Å². The summed E-state index contributed by atoms with van der Waals surface area (Å²) in [6.07, 6.45) is 5.38. The molecule has 0 aromatic heterocycles. The van der Waals surface area contributed by atoms with E-state index in [9.17, 15) is 0 Å². The highest BCUT2D eigenvalue weighted by atomic mass is 15.1. The minimum absolute atomic E-state index is 0.730. The third kappa shape index (κ3) is 5.02. The zero-order valence-electron chi connectivity index (χ0n) is 11.6. The molecule has 1 aromatic carbocycles. The van der Waals surface area contributed by atoms with Crippen LogP contribution in [0.25, 0.3) is 0 Å². The smallest absolute Gasteiger partial charge is 0.0991 e. The number of nitrogens with zero attached hydrogens (tertiary/aromatic N) is 2. The molecule has 1 saturated heterocycles. The zero-order valence-corrected chi connectivity index (χ0v) is 11.6. The number of benzene rings is 1. The fraction of sp³-hybridized carbons (Fsp3) is 0.562. The Bertz CT molecular complexity index is 399. The van der Waals surface area contributed by atoms with E-state index in [1.54, 1.807) is 0 Å². The van der Waals surface area contributed by atoms with E-state index in [4.69, 9.17) is 5.26 Å². The lowest BCUT2D eigenvalue weighted by Gasteiger charge is -2.26. The van der Waals surface area contributed by atoms with Crippen molar-refractivity contribution in [3.8, 4) is 6.07 Å².